The summed E-state index contributed by atoms with van der Waals surface area (Å²) >= 11 is 6.15. The SMILES string of the molecule is Clc1ccc([C@@H]2Oc3ccccc3C3=C2[C@H](c2cccnc2)n2ncnc2N3)cc1. The number of aromatic nitrogens is 4. The predicted octanol–water partition coefficient (Wildman–Crippen LogP) is 4.89. The molecule has 0 bridgehead atoms. The Bertz CT molecular complexity index is 1270. The number of nitrogens with one attached hydrogen (secondary N) is 1. The largest absolute Gasteiger partial charge is 0.480 e. The van der Waals surface area contributed by atoms with E-state index in [0.29, 0.717) is 11.0 Å². The van der Waals surface area contributed by atoms with Gasteiger partial charge in [0.25, 0.3) is 0 Å². The highest BCUT2D eigenvalue weighted by Gasteiger charge is 2.40. The van der Waals surface area contributed by atoms with E-state index in [1.165, 1.54) is 0 Å². The molecule has 0 unspecified atom stereocenters. The van der Waals surface area contributed by atoms with Crippen LogP contribution in [0.4, 0.5) is 5.95 Å². The van der Waals surface area contributed by atoms with Crippen LogP contribution < -0.4 is 10.1 Å². The number of halogens is 1. The average molecular weight is 414 g/mol. The smallest absolute Gasteiger partial charge is 0.226 e. The molecule has 2 atom stereocenters. The summed E-state index contributed by atoms with van der Waals surface area (Å²) in [6, 6.07) is 19.6. The molecule has 2 aromatic heterocycles. The van der Waals surface area contributed by atoms with Gasteiger partial charge < -0.3 is 10.1 Å². The third kappa shape index (κ3) is 2.61. The van der Waals surface area contributed by atoms with Gasteiger partial charge in [0.1, 0.15) is 24.2 Å². The molecule has 0 saturated heterocycles. The summed E-state index contributed by atoms with van der Waals surface area (Å²) in [5.41, 5.74) is 5.08. The second-order valence-corrected chi connectivity index (χ2v) is 7.65. The lowest BCUT2D eigenvalue weighted by molar-refractivity contribution is 0.223. The van der Waals surface area contributed by atoms with Crippen molar-refractivity contribution in [1.29, 1.82) is 0 Å². The van der Waals surface area contributed by atoms with Crippen molar-refractivity contribution in [2.75, 3.05) is 5.32 Å². The van der Waals surface area contributed by atoms with Gasteiger partial charge in [0, 0.05) is 28.6 Å². The van der Waals surface area contributed by atoms with Gasteiger partial charge in [-0.25, -0.2) is 4.68 Å². The fraction of sp³-hybridized carbons (Fsp3) is 0.0870. The van der Waals surface area contributed by atoms with Crippen molar-refractivity contribution in [2.24, 2.45) is 0 Å². The lowest BCUT2D eigenvalue weighted by Crippen LogP contribution is -2.32. The molecule has 6 rings (SSSR count). The zero-order valence-corrected chi connectivity index (χ0v) is 16.5. The van der Waals surface area contributed by atoms with Crippen molar-refractivity contribution >= 4 is 23.2 Å². The zero-order chi connectivity index (χ0) is 20.1. The molecule has 7 heteroatoms. The number of pyridine rings is 1. The molecule has 2 aliphatic heterocycles. The fourth-order valence-electron chi connectivity index (χ4n) is 4.19. The summed E-state index contributed by atoms with van der Waals surface area (Å²) < 4.78 is 8.43. The minimum absolute atomic E-state index is 0.207. The van der Waals surface area contributed by atoms with Crippen LogP contribution in [-0.4, -0.2) is 19.7 Å². The molecular weight excluding hydrogens is 398 g/mol. The highest BCUT2D eigenvalue weighted by molar-refractivity contribution is 6.30. The maximum absolute atomic E-state index is 6.55. The second-order valence-electron chi connectivity index (χ2n) is 7.22. The van der Waals surface area contributed by atoms with E-state index < -0.39 is 0 Å². The zero-order valence-electron chi connectivity index (χ0n) is 15.7. The summed E-state index contributed by atoms with van der Waals surface area (Å²) in [4.78, 5) is 8.78. The standard InChI is InChI=1S/C23H16ClN5O/c24-16-9-7-14(8-10-16)22-19-20(17-5-1-2-6-18(17)30-22)28-23-26-13-27-29(23)21(19)15-4-3-11-25-12-15/h1-13,21-22H,(H,26,27,28)/t21-,22-/m0/s1. The van der Waals surface area contributed by atoms with Crippen LogP contribution in [0.5, 0.6) is 5.75 Å². The summed E-state index contributed by atoms with van der Waals surface area (Å²) in [5, 5.41) is 8.68. The maximum atomic E-state index is 6.55. The van der Waals surface area contributed by atoms with Crippen molar-refractivity contribution in [3.05, 3.63) is 107 Å². The van der Waals surface area contributed by atoms with Crippen LogP contribution in [-0.2, 0) is 0 Å². The monoisotopic (exact) mass is 413 g/mol. The van der Waals surface area contributed by atoms with Crippen molar-refractivity contribution in [2.45, 2.75) is 12.1 Å². The van der Waals surface area contributed by atoms with E-state index in [-0.39, 0.29) is 12.1 Å². The number of benzene rings is 2. The lowest BCUT2D eigenvalue weighted by Gasteiger charge is -2.38. The van der Waals surface area contributed by atoms with Gasteiger partial charge in [0.15, 0.2) is 0 Å². The van der Waals surface area contributed by atoms with Gasteiger partial charge >= 0.3 is 0 Å². The Morgan fingerprint density at radius 1 is 0.967 bits per heavy atom. The Hall–Kier alpha value is -3.64. The summed E-state index contributed by atoms with van der Waals surface area (Å²) in [6.45, 7) is 0. The van der Waals surface area contributed by atoms with E-state index in [2.05, 4.69) is 32.5 Å². The van der Waals surface area contributed by atoms with Crippen molar-refractivity contribution in [3.8, 4) is 5.75 Å². The number of para-hydroxylation sites is 1. The van der Waals surface area contributed by atoms with Gasteiger partial charge in [-0.05, 0) is 41.5 Å². The second kappa shape index (κ2) is 6.71. The molecule has 146 valence electrons. The van der Waals surface area contributed by atoms with Crippen molar-refractivity contribution in [1.82, 2.24) is 19.7 Å². The molecular formula is C23H16ClN5O. The van der Waals surface area contributed by atoms with Crippen molar-refractivity contribution < 1.29 is 4.74 Å². The first-order valence-electron chi connectivity index (χ1n) is 9.61. The third-order valence-electron chi connectivity index (χ3n) is 5.49. The maximum Gasteiger partial charge on any atom is 0.226 e. The average Bonchev–Trinajstić information content (AvgIpc) is 3.26. The van der Waals surface area contributed by atoms with Gasteiger partial charge in [0.05, 0.1) is 5.70 Å². The quantitative estimate of drug-likeness (QED) is 0.507. The van der Waals surface area contributed by atoms with E-state index in [1.807, 2.05) is 59.4 Å². The molecule has 0 spiro atoms. The molecule has 6 nitrogen and oxygen atoms in total. The molecule has 4 aromatic rings. The van der Waals surface area contributed by atoms with Crippen molar-refractivity contribution in [3.63, 3.8) is 0 Å². The lowest BCUT2D eigenvalue weighted by atomic mass is 9.85. The van der Waals surface area contributed by atoms with Crippen LogP contribution in [0, 0.1) is 0 Å². The first kappa shape index (κ1) is 17.2. The topological polar surface area (TPSA) is 64.9 Å². The van der Waals surface area contributed by atoms with Crippen LogP contribution in [0.2, 0.25) is 5.02 Å². The van der Waals surface area contributed by atoms with E-state index >= 15 is 0 Å². The van der Waals surface area contributed by atoms with Crippen LogP contribution in [0.15, 0.2) is 85.0 Å². The molecule has 4 heterocycles. The number of nitrogens with zero attached hydrogens (tertiary/aromatic N) is 4. The van der Waals surface area contributed by atoms with Gasteiger partial charge in [-0.3, -0.25) is 4.98 Å². The Kier molecular flexibility index (Phi) is 3.86. The first-order chi connectivity index (χ1) is 14.8. The van der Waals surface area contributed by atoms with Crippen LogP contribution in [0.3, 0.4) is 0 Å². The van der Waals surface area contributed by atoms with Gasteiger partial charge in [-0.2, -0.15) is 10.1 Å². The van der Waals surface area contributed by atoms with Gasteiger partial charge in [0.2, 0.25) is 5.95 Å². The van der Waals surface area contributed by atoms with Crippen LogP contribution in [0.1, 0.15) is 28.8 Å². The number of hydrogen-bond donors (Lipinski definition) is 1. The van der Waals surface area contributed by atoms with E-state index in [0.717, 1.165) is 33.7 Å². The molecule has 1 N–H and O–H groups in total. The fourth-order valence-corrected chi connectivity index (χ4v) is 4.31. The number of rotatable bonds is 2. The highest BCUT2D eigenvalue weighted by Crippen LogP contribution is 2.50. The third-order valence-corrected chi connectivity index (χ3v) is 5.75. The number of fused-ring (bicyclic) bond motifs is 3. The predicted molar refractivity (Wildman–Crippen MR) is 114 cm³/mol. The summed E-state index contributed by atoms with van der Waals surface area (Å²) in [7, 11) is 0. The van der Waals surface area contributed by atoms with Gasteiger partial charge in [-0.15, -0.1) is 0 Å². The molecule has 0 radical (unpaired) electrons. The molecule has 0 fully saturated rings. The summed E-state index contributed by atoms with van der Waals surface area (Å²) in [6.07, 6.45) is 4.88. The molecule has 0 aliphatic carbocycles. The minimum atomic E-state index is -0.317. The Labute approximate surface area is 177 Å². The molecule has 2 aromatic carbocycles. The summed E-state index contributed by atoms with van der Waals surface area (Å²) in [5.74, 6) is 1.51. The van der Waals surface area contributed by atoms with E-state index in [4.69, 9.17) is 16.3 Å². The Morgan fingerprint density at radius 2 is 1.83 bits per heavy atom. The molecule has 2 aliphatic rings. The van der Waals surface area contributed by atoms with Crippen LogP contribution >= 0.6 is 11.6 Å². The molecule has 0 amide bonds. The Balaban J connectivity index is 1.63. The normalized spacial score (nSPS) is 19.2. The number of hydrogen-bond acceptors (Lipinski definition) is 5. The minimum Gasteiger partial charge on any atom is -0.480 e. The highest BCUT2D eigenvalue weighted by atomic mass is 35.5. The van der Waals surface area contributed by atoms with Gasteiger partial charge in [-0.1, -0.05) is 41.9 Å². The number of anilines is 1. The Morgan fingerprint density at radius 3 is 2.67 bits per heavy atom. The molecule has 30 heavy (non-hydrogen) atoms. The number of ether oxygens (including phenoxy) is 1. The first-order valence-corrected chi connectivity index (χ1v) is 9.99. The van der Waals surface area contributed by atoms with E-state index in [9.17, 15) is 0 Å². The van der Waals surface area contributed by atoms with Crippen LogP contribution in [0.25, 0.3) is 5.70 Å². The van der Waals surface area contributed by atoms with E-state index in [1.54, 1.807) is 12.5 Å². The molecule has 0 saturated carbocycles.